The molecule has 5 nitrogen and oxygen atoms in total. The molecule has 0 aliphatic heterocycles. The SMILES string of the molecule is CCNC(=NCc1cccc(C)c1)NCC1(C(=O)N(C)C)CCCC1.I. The fourth-order valence-electron chi connectivity index (χ4n) is 3.57. The average Bonchev–Trinajstić information content (AvgIpc) is 3.06. The number of hydrogen-bond acceptors (Lipinski definition) is 2. The van der Waals surface area contributed by atoms with E-state index in [9.17, 15) is 4.79 Å². The Bertz CT molecular complexity index is 610. The second-order valence-electron chi connectivity index (χ2n) is 7.22. The standard InChI is InChI=1S/C20H32N4O.HI/c1-5-21-19(22-14-17-10-8-9-16(2)13-17)23-15-20(11-6-7-12-20)18(25)24(3)4;/h8-10,13H,5-7,11-12,14-15H2,1-4H3,(H2,21,22,23);1H. The molecule has 1 saturated carbocycles. The van der Waals surface area contributed by atoms with E-state index < -0.39 is 0 Å². The van der Waals surface area contributed by atoms with Crippen molar-refractivity contribution in [1.29, 1.82) is 0 Å². The van der Waals surface area contributed by atoms with Crippen LogP contribution in [0.25, 0.3) is 0 Å². The van der Waals surface area contributed by atoms with Gasteiger partial charge in [-0.2, -0.15) is 0 Å². The molecular weight excluding hydrogens is 439 g/mol. The van der Waals surface area contributed by atoms with E-state index in [1.807, 2.05) is 14.1 Å². The van der Waals surface area contributed by atoms with Crippen molar-refractivity contribution in [3.05, 3.63) is 35.4 Å². The number of aliphatic imine (C=N–C) groups is 1. The van der Waals surface area contributed by atoms with E-state index in [2.05, 4.69) is 48.7 Å². The van der Waals surface area contributed by atoms with Crippen LogP contribution in [0.15, 0.2) is 29.3 Å². The fourth-order valence-corrected chi connectivity index (χ4v) is 3.57. The Morgan fingerprint density at radius 2 is 1.92 bits per heavy atom. The summed E-state index contributed by atoms with van der Waals surface area (Å²) in [7, 11) is 3.69. The van der Waals surface area contributed by atoms with Crippen molar-refractivity contribution in [2.45, 2.75) is 46.1 Å². The minimum absolute atomic E-state index is 0. The van der Waals surface area contributed by atoms with Gasteiger partial charge in [-0.1, -0.05) is 42.7 Å². The van der Waals surface area contributed by atoms with Crippen LogP contribution in [0.5, 0.6) is 0 Å². The fraction of sp³-hybridized carbons (Fsp3) is 0.600. The van der Waals surface area contributed by atoms with Crippen molar-refractivity contribution in [3.63, 3.8) is 0 Å². The van der Waals surface area contributed by atoms with Crippen molar-refractivity contribution in [2.75, 3.05) is 27.2 Å². The third-order valence-corrected chi connectivity index (χ3v) is 4.86. The van der Waals surface area contributed by atoms with Crippen LogP contribution in [-0.2, 0) is 11.3 Å². The van der Waals surface area contributed by atoms with Crippen molar-refractivity contribution >= 4 is 35.8 Å². The highest BCUT2D eigenvalue weighted by molar-refractivity contribution is 14.0. The number of nitrogens with one attached hydrogen (secondary N) is 2. The average molecular weight is 472 g/mol. The third-order valence-electron chi connectivity index (χ3n) is 4.86. The molecule has 0 heterocycles. The van der Waals surface area contributed by atoms with E-state index in [4.69, 9.17) is 4.99 Å². The highest BCUT2D eigenvalue weighted by Crippen LogP contribution is 2.38. The number of nitrogens with zero attached hydrogens (tertiary/aromatic N) is 2. The molecule has 6 heteroatoms. The van der Waals surface area contributed by atoms with Crippen LogP contribution in [-0.4, -0.2) is 44.0 Å². The van der Waals surface area contributed by atoms with Crippen LogP contribution >= 0.6 is 24.0 Å². The lowest BCUT2D eigenvalue weighted by Gasteiger charge is -2.31. The number of rotatable bonds is 6. The topological polar surface area (TPSA) is 56.7 Å². The van der Waals surface area contributed by atoms with Crippen LogP contribution in [0, 0.1) is 12.3 Å². The molecule has 0 unspecified atom stereocenters. The number of benzene rings is 1. The van der Waals surface area contributed by atoms with Gasteiger partial charge in [0.1, 0.15) is 0 Å². The van der Waals surface area contributed by atoms with Gasteiger partial charge in [0, 0.05) is 27.2 Å². The summed E-state index contributed by atoms with van der Waals surface area (Å²) in [4.78, 5) is 19.1. The van der Waals surface area contributed by atoms with E-state index >= 15 is 0 Å². The summed E-state index contributed by atoms with van der Waals surface area (Å²) in [5.74, 6) is 1.01. The monoisotopic (exact) mass is 472 g/mol. The molecule has 0 bridgehead atoms. The molecule has 0 radical (unpaired) electrons. The quantitative estimate of drug-likeness (QED) is 0.380. The Morgan fingerprint density at radius 1 is 1.23 bits per heavy atom. The van der Waals surface area contributed by atoms with Gasteiger partial charge in [-0.3, -0.25) is 4.79 Å². The molecule has 1 aromatic rings. The molecule has 0 saturated heterocycles. The first-order chi connectivity index (χ1) is 12.0. The molecule has 2 N–H and O–H groups in total. The van der Waals surface area contributed by atoms with Gasteiger partial charge in [0.15, 0.2) is 5.96 Å². The molecule has 1 amide bonds. The number of carbonyl (C=O) groups is 1. The number of halogens is 1. The van der Waals surface area contributed by atoms with Crippen LogP contribution < -0.4 is 10.6 Å². The molecular formula is C20H33IN4O. The summed E-state index contributed by atoms with van der Waals surface area (Å²) < 4.78 is 0. The summed E-state index contributed by atoms with van der Waals surface area (Å²) in [6, 6.07) is 8.40. The summed E-state index contributed by atoms with van der Waals surface area (Å²) in [6.07, 6.45) is 4.15. The number of guanidine groups is 1. The van der Waals surface area contributed by atoms with Crippen LogP contribution in [0.2, 0.25) is 0 Å². The molecule has 146 valence electrons. The Hall–Kier alpha value is -1.31. The molecule has 1 aliphatic rings. The first kappa shape index (κ1) is 22.7. The van der Waals surface area contributed by atoms with Crippen LogP contribution in [0.1, 0.15) is 43.7 Å². The van der Waals surface area contributed by atoms with Gasteiger partial charge in [0.25, 0.3) is 0 Å². The molecule has 26 heavy (non-hydrogen) atoms. The smallest absolute Gasteiger partial charge is 0.230 e. The highest BCUT2D eigenvalue weighted by Gasteiger charge is 2.42. The van der Waals surface area contributed by atoms with Gasteiger partial charge in [-0.05, 0) is 32.3 Å². The number of amides is 1. The van der Waals surface area contributed by atoms with E-state index in [0.717, 1.165) is 38.2 Å². The second-order valence-corrected chi connectivity index (χ2v) is 7.22. The lowest BCUT2D eigenvalue weighted by atomic mass is 9.84. The van der Waals surface area contributed by atoms with E-state index in [1.165, 1.54) is 11.1 Å². The van der Waals surface area contributed by atoms with E-state index in [1.54, 1.807) is 4.90 Å². The summed E-state index contributed by atoms with van der Waals surface area (Å²) >= 11 is 0. The largest absolute Gasteiger partial charge is 0.357 e. The minimum Gasteiger partial charge on any atom is -0.357 e. The van der Waals surface area contributed by atoms with Crippen molar-refractivity contribution in [3.8, 4) is 0 Å². The Morgan fingerprint density at radius 3 is 2.50 bits per heavy atom. The van der Waals surface area contributed by atoms with Crippen LogP contribution in [0.3, 0.4) is 0 Å². The summed E-state index contributed by atoms with van der Waals surface area (Å²) in [6.45, 7) is 6.22. The number of hydrogen-bond donors (Lipinski definition) is 2. The Labute approximate surface area is 175 Å². The zero-order chi connectivity index (χ0) is 18.3. The van der Waals surface area contributed by atoms with Gasteiger partial charge in [-0.15, -0.1) is 24.0 Å². The Balaban J connectivity index is 0.00000338. The van der Waals surface area contributed by atoms with Crippen LogP contribution in [0.4, 0.5) is 0 Å². The molecule has 0 spiro atoms. The lowest BCUT2D eigenvalue weighted by molar-refractivity contribution is -0.138. The maximum absolute atomic E-state index is 12.7. The van der Waals surface area contributed by atoms with E-state index in [-0.39, 0.29) is 35.3 Å². The highest BCUT2D eigenvalue weighted by atomic mass is 127. The molecule has 1 fully saturated rings. The van der Waals surface area contributed by atoms with Gasteiger partial charge >= 0.3 is 0 Å². The zero-order valence-corrected chi connectivity index (χ0v) is 18.8. The predicted octanol–water partition coefficient (Wildman–Crippen LogP) is 3.32. The van der Waals surface area contributed by atoms with Crippen molar-refractivity contribution in [2.24, 2.45) is 10.4 Å². The molecule has 2 rings (SSSR count). The third kappa shape index (κ3) is 6.14. The first-order valence-electron chi connectivity index (χ1n) is 9.26. The van der Waals surface area contributed by atoms with Crippen molar-refractivity contribution in [1.82, 2.24) is 15.5 Å². The van der Waals surface area contributed by atoms with Crippen molar-refractivity contribution < 1.29 is 4.79 Å². The number of carbonyl (C=O) groups excluding carboxylic acids is 1. The van der Waals surface area contributed by atoms with Gasteiger partial charge < -0.3 is 15.5 Å². The molecule has 0 aromatic heterocycles. The number of aryl methyl sites for hydroxylation is 1. The molecule has 0 atom stereocenters. The summed E-state index contributed by atoms with van der Waals surface area (Å²) in [5.41, 5.74) is 2.15. The lowest BCUT2D eigenvalue weighted by Crippen LogP contribution is -2.49. The van der Waals surface area contributed by atoms with E-state index in [0.29, 0.717) is 13.1 Å². The maximum Gasteiger partial charge on any atom is 0.230 e. The van der Waals surface area contributed by atoms with Gasteiger partial charge in [0.2, 0.25) is 5.91 Å². The van der Waals surface area contributed by atoms with Gasteiger partial charge in [-0.25, -0.2) is 4.99 Å². The normalized spacial score (nSPS) is 15.9. The predicted molar refractivity (Wildman–Crippen MR) is 119 cm³/mol. The summed E-state index contributed by atoms with van der Waals surface area (Å²) in [5, 5.41) is 6.71. The molecule has 1 aliphatic carbocycles. The van der Waals surface area contributed by atoms with Gasteiger partial charge in [0.05, 0.1) is 12.0 Å². The zero-order valence-electron chi connectivity index (χ0n) is 16.5. The maximum atomic E-state index is 12.7. The second kappa shape index (κ2) is 10.7. The Kier molecular flexibility index (Phi) is 9.39. The molecule has 1 aromatic carbocycles. The first-order valence-corrected chi connectivity index (χ1v) is 9.26. The minimum atomic E-state index is -0.289.